The summed E-state index contributed by atoms with van der Waals surface area (Å²) in [6.45, 7) is 2.19. The topological polar surface area (TPSA) is 38.1 Å². The van der Waals surface area contributed by atoms with E-state index in [4.69, 9.17) is 0 Å². The van der Waals surface area contributed by atoms with Crippen LogP contribution in [0, 0.1) is 0 Å². The Bertz CT molecular complexity index is 824. The molecule has 1 aliphatic rings. The molecule has 0 saturated heterocycles. The van der Waals surface area contributed by atoms with E-state index in [1.807, 2.05) is 29.3 Å². The number of thiophene rings is 1. The number of benzene rings is 1. The van der Waals surface area contributed by atoms with Gasteiger partial charge in [-0.3, -0.25) is 4.79 Å². The van der Waals surface area contributed by atoms with E-state index in [0.717, 1.165) is 31.0 Å². The zero-order valence-electron chi connectivity index (χ0n) is 13.4. The summed E-state index contributed by atoms with van der Waals surface area (Å²) in [6, 6.07) is 14.4. The van der Waals surface area contributed by atoms with E-state index in [-0.39, 0.29) is 5.91 Å². The molecule has 1 aliphatic heterocycles. The van der Waals surface area contributed by atoms with Gasteiger partial charge >= 0.3 is 0 Å². The summed E-state index contributed by atoms with van der Waals surface area (Å²) < 4.78 is 2.24. The summed E-state index contributed by atoms with van der Waals surface area (Å²) in [5, 5.41) is 2.08. The number of carbonyl (C=O) groups excluding carboxylic acids is 1. The Morgan fingerprint density at radius 1 is 1.12 bits per heavy atom. The zero-order valence-corrected chi connectivity index (χ0v) is 14.2. The van der Waals surface area contributed by atoms with Crippen LogP contribution in [0.3, 0.4) is 0 Å². The van der Waals surface area contributed by atoms with Gasteiger partial charge in [0.2, 0.25) is 5.91 Å². The predicted molar refractivity (Wildman–Crippen MR) is 95.7 cm³/mol. The Morgan fingerprint density at radius 3 is 2.79 bits per heavy atom. The van der Waals surface area contributed by atoms with E-state index in [9.17, 15) is 4.79 Å². The monoisotopic (exact) mass is 337 g/mol. The van der Waals surface area contributed by atoms with Crippen LogP contribution >= 0.6 is 11.3 Å². The van der Waals surface area contributed by atoms with Gasteiger partial charge in [0.25, 0.3) is 0 Å². The molecule has 0 bridgehead atoms. The van der Waals surface area contributed by atoms with Crippen molar-refractivity contribution < 1.29 is 4.79 Å². The molecule has 24 heavy (non-hydrogen) atoms. The third-order valence-corrected chi connectivity index (χ3v) is 5.35. The van der Waals surface area contributed by atoms with Crippen LogP contribution in [0.15, 0.2) is 54.0 Å². The first-order chi connectivity index (χ1) is 11.8. The van der Waals surface area contributed by atoms with Crippen LogP contribution in [0.4, 0.5) is 0 Å². The molecule has 0 radical (unpaired) electrons. The first-order valence-corrected chi connectivity index (χ1v) is 9.09. The van der Waals surface area contributed by atoms with Crippen LogP contribution in [-0.4, -0.2) is 26.9 Å². The van der Waals surface area contributed by atoms with E-state index in [2.05, 4.69) is 39.2 Å². The molecule has 122 valence electrons. The highest BCUT2D eigenvalue weighted by Crippen LogP contribution is 2.27. The average Bonchev–Trinajstić information content (AvgIpc) is 3.29. The molecular weight excluding hydrogens is 318 g/mol. The molecule has 0 atom stereocenters. The quantitative estimate of drug-likeness (QED) is 0.730. The largest absolute Gasteiger partial charge is 0.333 e. The molecule has 2 aromatic heterocycles. The number of aromatic nitrogens is 2. The van der Waals surface area contributed by atoms with E-state index in [0.29, 0.717) is 13.0 Å². The molecule has 0 aliphatic carbocycles. The van der Waals surface area contributed by atoms with Crippen molar-refractivity contribution in [3.8, 4) is 10.6 Å². The molecule has 0 saturated carbocycles. The number of nitrogens with zero attached hydrogens (tertiary/aromatic N) is 3. The standard InChI is InChI=1S/C19H19N3OS/c23-19(9-8-15-5-2-1-3-6-15)21-10-11-22-16(13-20-18(22)14-21)17-7-4-12-24-17/h1-7,12-13H,8-11,14H2. The number of rotatable bonds is 4. The summed E-state index contributed by atoms with van der Waals surface area (Å²) in [6.07, 6.45) is 3.28. The minimum Gasteiger partial charge on any atom is -0.333 e. The zero-order chi connectivity index (χ0) is 16.4. The Kier molecular flexibility index (Phi) is 4.17. The summed E-state index contributed by atoms with van der Waals surface area (Å²) in [7, 11) is 0. The molecule has 3 heterocycles. The van der Waals surface area contributed by atoms with Crippen LogP contribution in [0.2, 0.25) is 0 Å². The minimum atomic E-state index is 0.214. The lowest BCUT2D eigenvalue weighted by Gasteiger charge is -2.28. The minimum absolute atomic E-state index is 0.214. The van der Waals surface area contributed by atoms with Gasteiger partial charge < -0.3 is 9.47 Å². The van der Waals surface area contributed by atoms with Gasteiger partial charge in [-0.25, -0.2) is 4.98 Å². The van der Waals surface area contributed by atoms with Crippen molar-refractivity contribution in [2.24, 2.45) is 0 Å². The lowest BCUT2D eigenvalue weighted by molar-refractivity contribution is -0.132. The number of carbonyl (C=O) groups is 1. The number of fused-ring (bicyclic) bond motifs is 1. The number of amides is 1. The molecule has 5 heteroatoms. The van der Waals surface area contributed by atoms with E-state index in [1.54, 1.807) is 11.3 Å². The predicted octanol–water partition coefficient (Wildman–Crippen LogP) is 3.59. The van der Waals surface area contributed by atoms with Gasteiger partial charge in [-0.1, -0.05) is 36.4 Å². The second-order valence-corrected chi connectivity index (χ2v) is 6.94. The van der Waals surface area contributed by atoms with Gasteiger partial charge in [0.15, 0.2) is 0 Å². The molecule has 0 N–H and O–H groups in total. The second-order valence-electron chi connectivity index (χ2n) is 5.99. The van der Waals surface area contributed by atoms with Crippen molar-refractivity contribution in [1.29, 1.82) is 0 Å². The maximum Gasteiger partial charge on any atom is 0.223 e. The molecule has 3 aromatic rings. The van der Waals surface area contributed by atoms with Crippen molar-refractivity contribution in [3.05, 3.63) is 65.4 Å². The molecule has 1 amide bonds. The molecule has 0 fully saturated rings. The highest BCUT2D eigenvalue weighted by atomic mass is 32.1. The highest BCUT2D eigenvalue weighted by Gasteiger charge is 2.23. The van der Waals surface area contributed by atoms with Crippen molar-refractivity contribution in [2.45, 2.75) is 25.9 Å². The van der Waals surface area contributed by atoms with Gasteiger partial charge in [-0.05, 0) is 23.4 Å². The second kappa shape index (κ2) is 6.61. The first-order valence-electron chi connectivity index (χ1n) is 8.21. The molecule has 1 aromatic carbocycles. The maximum absolute atomic E-state index is 12.5. The maximum atomic E-state index is 12.5. The lowest BCUT2D eigenvalue weighted by Crippen LogP contribution is -2.38. The van der Waals surface area contributed by atoms with Crippen molar-refractivity contribution in [1.82, 2.24) is 14.5 Å². The van der Waals surface area contributed by atoms with Gasteiger partial charge in [0.1, 0.15) is 5.82 Å². The van der Waals surface area contributed by atoms with Crippen LogP contribution in [-0.2, 0) is 24.3 Å². The van der Waals surface area contributed by atoms with Crippen molar-refractivity contribution >= 4 is 17.2 Å². The van der Waals surface area contributed by atoms with E-state index in [1.165, 1.54) is 10.4 Å². The molecule has 4 rings (SSSR count). The lowest BCUT2D eigenvalue weighted by atomic mass is 10.1. The van der Waals surface area contributed by atoms with Crippen molar-refractivity contribution in [2.75, 3.05) is 6.54 Å². The van der Waals surface area contributed by atoms with Gasteiger partial charge in [0.05, 0.1) is 23.3 Å². The normalized spacial score (nSPS) is 13.8. The van der Waals surface area contributed by atoms with Crippen molar-refractivity contribution in [3.63, 3.8) is 0 Å². The Balaban J connectivity index is 1.42. The Morgan fingerprint density at radius 2 is 2.00 bits per heavy atom. The number of aryl methyl sites for hydroxylation is 1. The molecule has 4 nitrogen and oxygen atoms in total. The first kappa shape index (κ1) is 15.1. The summed E-state index contributed by atoms with van der Waals surface area (Å²) in [5.74, 6) is 1.20. The van der Waals surface area contributed by atoms with Gasteiger partial charge in [0, 0.05) is 19.5 Å². The Labute approximate surface area is 145 Å². The molecule has 0 spiro atoms. The fourth-order valence-corrected chi connectivity index (χ4v) is 3.89. The molecule has 0 unspecified atom stereocenters. The number of imidazole rings is 1. The molecular formula is C19H19N3OS. The fraction of sp³-hybridized carbons (Fsp3) is 0.263. The summed E-state index contributed by atoms with van der Waals surface area (Å²) in [5.41, 5.74) is 2.38. The van der Waals surface area contributed by atoms with Crippen LogP contribution in [0.1, 0.15) is 17.8 Å². The SMILES string of the molecule is O=C(CCc1ccccc1)N1CCn2c(-c3cccs3)cnc2C1. The van der Waals surface area contributed by atoms with Gasteiger partial charge in [-0.2, -0.15) is 0 Å². The third kappa shape index (κ3) is 2.99. The summed E-state index contributed by atoms with van der Waals surface area (Å²) >= 11 is 1.72. The average molecular weight is 337 g/mol. The smallest absolute Gasteiger partial charge is 0.223 e. The van der Waals surface area contributed by atoms with E-state index < -0.39 is 0 Å². The number of hydrogen-bond donors (Lipinski definition) is 0. The Hall–Kier alpha value is -2.40. The van der Waals surface area contributed by atoms with Crippen LogP contribution in [0.25, 0.3) is 10.6 Å². The van der Waals surface area contributed by atoms with Gasteiger partial charge in [-0.15, -0.1) is 11.3 Å². The summed E-state index contributed by atoms with van der Waals surface area (Å²) in [4.78, 5) is 20.2. The fourth-order valence-electron chi connectivity index (χ4n) is 3.15. The number of hydrogen-bond acceptors (Lipinski definition) is 3. The van der Waals surface area contributed by atoms with Crippen LogP contribution < -0.4 is 0 Å². The van der Waals surface area contributed by atoms with E-state index >= 15 is 0 Å². The third-order valence-electron chi connectivity index (χ3n) is 4.46. The van der Waals surface area contributed by atoms with Crippen LogP contribution in [0.5, 0.6) is 0 Å². The highest BCUT2D eigenvalue weighted by molar-refractivity contribution is 7.13.